The number of piperidine rings is 1. The molecule has 1 aromatic heterocycles. The first-order valence-electron chi connectivity index (χ1n) is 11.8. The second kappa shape index (κ2) is 10.4. The van der Waals surface area contributed by atoms with Crippen LogP contribution in [0.5, 0.6) is 5.88 Å². The van der Waals surface area contributed by atoms with Crippen molar-refractivity contribution in [2.75, 3.05) is 47.0 Å². The number of sulfonamides is 1. The third-order valence-electron chi connectivity index (χ3n) is 6.44. The Morgan fingerprint density at radius 3 is 2.60 bits per heavy atom. The Morgan fingerprint density at radius 2 is 1.94 bits per heavy atom. The quantitative estimate of drug-likeness (QED) is 0.386. The number of aromatic nitrogens is 1. The first-order valence-corrected chi connectivity index (χ1v) is 13.4. The van der Waals surface area contributed by atoms with Crippen LogP contribution in [0.25, 0.3) is 0 Å². The number of aliphatic hydroxyl groups is 2. The number of pyridine rings is 1. The molecule has 35 heavy (non-hydrogen) atoms. The van der Waals surface area contributed by atoms with E-state index in [0.29, 0.717) is 28.2 Å². The average molecular weight is 505 g/mol. The summed E-state index contributed by atoms with van der Waals surface area (Å²) in [6, 6.07) is 9.77. The molecule has 4 rings (SSSR count). The van der Waals surface area contributed by atoms with E-state index in [2.05, 4.69) is 19.9 Å². The number of carbonyl (C=O) groups excluding carboxylic acids is 1. The molecule has 2 heterocycles. The van der Waals surface area contributed by atoms with E-state index in [1.54, 1.807) is 37.3 Å². The molecule has 1 unspecified atom stereocenters. The number of anilines is 3. The fourth-order valence-corrected chi connectivity index (χ4v) is 5.08. The molecule has 1 atom stereocenters. The van der Waals surface area contributed by atoms with Gasteiger partial charge < -0.3 is 25.2 Å². The standard InChI is InChI=1S/C24H32N4O6S/c1-17(30)16-34-22-4-2-3-21(25-22)26-23(31)19-6-5-18(27-35(32,33)14-13-29)15-20(19)28-11-9-24(7-8-24)10-12-28/h2-6,15,17,27,29-30H,7-14,16H2,1H3,(H,25,26,31). The van der Waals surface area contributed by atoms with Gasteiger partial charge in [-0.05, 0) is 62.3 Å². The molecule has 190 valence electrons. The molecule has 1 aliphatic carbocycles. The van der Waals surface area contributed by atoms with Crippen molar-refractivity contribution in [2.24, 2.45) is 5.41 Å². The van der Waals surface area contributed by atoms with Gasteiger partial charge in [0.25, 0.3) is 5.91 Å². The van der Waals surface area contributed by atoms with E-state index in [9.17, 15) is 18.3 Å². The van der Waals surface area contributed by atoms with Gasteiger partial charge in [-0.15, -0.1) is 0 Å². The molecule has 1 saturated carbocycles. The highest BCUT2D eigenvalue weighted by molar-refractivity contribution is 7.92. The summed E-state index contributed by atoms with van der Waals surface area (Å²) in [6.07, 6.45) is 3.92. The van der Waals surface area contributed by atoms with Gasteiger partial charge in [0.2, 0.25) is 15.9 Å². The summed E-state index contributed by atoms with van der Waals surface area (Å²) in [4.78, 5) is 19.7. The fourth-order valence-electron chi connectivity index (χ4n) is 4.25. The van der Waals surface area contributed by atoms with Crippen LogP contribution < -0.4 is 19.7 Å². The van der Waals surface area contributed by atoms with Gasteiger partial charge in [0.05, 0.1) is 35.4 Å². The zero-order valence-corrected chi connectivity index (χ0v) is 20.6. The molecular formula is C24H32N4O6S. The van der Waals surface area contributed by atoms with E-state index in [1.165, 1.54) is 18.9 Å². The van der Waals surface area contributed by atoms with E-state index in [1.807, 2.05) is 0 Å². The van der Waals surface area contributed by atoms with Gasteiger partial charge in [-0.3, -0.25) is 9.52 Å². The van der Waals surface area contributed by atoms with Crippen molar-refractivity contribution in [1.82, 2.24) is 4.98 Å². The van der Waals surface area contributed by atoms with Crippen LogP contribution >= 0.6 is 0 Å². The number of nitrogens with zero attached hydrogens (tertiary/aromatic N) is 2. The third kappa shape index (κ3) is 6.62. The summed E-state index contributed by atoms with van der Waals surface area (Å²) in [6.45, 7) is 2.77. The lowest BCUT2D eigenvalue weighted by Gasteiger charge is -2.35. The van der Waals surface area contributed by atoms with Crippen molar-refractivity contribution in [3.63, 3.8) is 0 Å². The zero-order chi connectivity index (χ0) is 25.1. The van der Waals surface area contributed by atoms with Crippen molar-refractivity contribution in [3.05, 3.63) is 42.0 Å². The predicted octanol–water partition coefficient (Wildman–Crippen LogP) is 2.21. The van der Waals surface area contributed by atoms with E-state index >= 15 is 0 Å². The average Bonchev–Trinajstić information content (AvgIpc) is 3.56. The number of amides is 1. The number of benzene rings is 1. The van der Waals surface area contributed by atoms with Gasteiger partial charge in [-0.25, -0.2) is 8.42 Å². The Kier molecular flexibility index (Phi) is 7.48. The molecule has 10 nitrogen and oxygen atoms in total. The molecular weight excluding hydrogens is 472 g/mol. The monoisotopic (exact) mass is 504 g/mol. The van der Waals surface area contributed by atoms with E-state index in [0.717, 1.165) is 25.9 Å². The van der Waals surface area contributed by atoms with Crippen molar-refractivity contribution in [3.8, 4) is 5.88 Å². The zero-order valence-electron chi connectivity index (χ0n) is 19.7. The van der Waals surface area contributed by atoms with Crippen LogP contribution in [0.15, 0.2) is 36.4 Å². The first kappa shape index (κ1) is 25.2. The SMILES string of the molecule is CC(O)COc1cccc(NC(=O)c2ccc(NS(=O)(=O)CCO)cc2N2CCC3(CC2)CC3)n1. The molecule has 2 fully saturated rings. The van der Waals surface area contributed by atoms with Gasteiger partial charge >= 0.3 is 0 Å². The minimum absolute atomic E-state index is 0.0820. The van der Waals surface area contributed by atoms with Crippen LogP contribution in [0, 0.1) is 5.41 Å². The van der Waals surface area contributed by atoms with Gasteiger partial charge in [0.1, 0.15) is 12.4 Å². The maximum Gasteiger partial charge on any atom is 0.258 e. The Bertz CT molecular complexity index is 1160. The van der Waals surface area contributed by atoms with Crippen LogP contribution in [0.1, 0.15) is 43.0 Å². The molecule has 4 N–H and O–H groups in total. The number of carbonyl (C=O) groups is 1. The summed E-state index contributed by atoms with van der Waals surface area (Å²) in [7, 11) is -3.70. The maximum absolute atomic E-state index is 13.3. The smallest absolute Gasteiger partial charge is 0.258 e. The summed E-state index contributed by atoms with van der Waals surface area (Å²) < 4.78 is 32.2. The highest BCUT2D eigenvalue weighted by atomic mass is 32.2. The van der Waals surface area contributed by atoms with E-state index in [4.69, 9.17) is 9.84 Å². The van der Waals surface area contributed by atoms with Gasteiger partial charge in [0, 0.05) is 19.2 Å². The number of rotatable bonds is 10. The summed E-state index contributed by atoms with van der Waals surface area (Å²) in [5.41, 5.74) is 1.82. The summed E-state index contributed by atoms with van der Waals surface area (Å²) in [5, 5.41) is 21.2. The second-order valence-electron chi connectivity index (χ2n) is 9.34. The second-order valence-corrected chi connectivity index (χ2v) is 11.2. The van der Waals surface area contributed by atoms with E-state index < -0.39 is 28.5 Å². The Labute approximate surface area is 205 Å². The van der Waals surface area contributed by atoms with Crippen molar-refractivity contribution in [2.45, 2.75) is 38.7 Å². The van der Waals surface area contributed by atoms with Crippen LogP contribution in [0.4, 0.5) is 17.2 Å². The maximum atomic E-state index is 13.3. The molecule has 2 aromatic rings. The fraction of sp³-hybridized carbons (Fsp3) is 0.500. The normalized spacial score (nSPS) is 17.6. The number of ether oxygens (including phenoxy) is 1. The lowest BCUT2D eigenvalue weighted by atomic mass is 9.93. The van der Waals surface area contributed by atoms with Gasteiger partial charge in [-0.1, -0.05) is 6.07 Å². The van der Waals surface area contributed by atoms with E-state index in [-0.39, 0.29) is 18.4 Å². The highest BCUT2D eigenvalue weighted by Gasteiger charge is 2.44. The molecule has 1 saturated heterocycles. The molecule has 1 aliphatic heterocycles. The van der Waals surface area contributed by atoms with Crippen molar-refractivity contribution < 1.29 is 28.2 Å². The largest absolute Gasteiger partial charge is 0.475 e. The minimum Gasteiger partial charge on any atom is -0.475 e. The minimum atomic E-state index is -3.70. The lowest BCUT2D eigenvalue weighted by Crippen LogP contribution is -2.35. The molecule has 11 heteroatoms. The molecule has 1 amide bonds. The highest BCUT2D eigenvalue weighted by Crippen LogP contribution is 2.54. The Morgan fingerprint density at radius 1 is 1.20 bits per heavy atom. The van der Waals surface area contributed by atoms with Crippen LogP contribution in [-0.2, 0) is 10.0 Å². The number of hydrogen-bond acceptors (Lipinski definition) is 8. The molecule has 0 bridgehead atoms. The van der Waals surface area contributed by atoms with Gasteiger partial charge in [0.15, 0.2) is 0 Å². The van der Waals surface area contributed by atoms with Gasteiger partial charge in [-0.2, -0.15) is 4.98 Å². The van der Waals surface area contributed by atoms with Crippen LogP contribution in [-0.4, -0.2) is 67.7 Å². The third-order valence-corrected chi connectivity index (χ3v) is 7.70. The number of hydrogen-bond donors (Lipinski definition) is 4. The summed E-state index contributed by atoms with van der Waals surface area (Å²) in [5.74, 6) is -0.206. The molecule has 1 aromatic carbocycles. The van der Waals surface area contributed by atoms with Crippen molar-refractivity contribution >= 4 is 33.1 Å². The molecule has 0 radical (unpaired) electrons. The summed E-state index contributed by atoms with van der Waals surface area (Å²) >= 11 is 0. The van der Waals surface area contributed by atoms with Crippen LogP contribution in [0.3, 0.4) is 0 Å². The number of nitrogens with one attached hydrogen (secondary N) is 2. The Balaban J connectivity index is 1.56. The Hall–Kier alpha value is -2.89. The topological polar surface area (TPSA) is 141 Å². The lowest BCUT2D eigenvalue weighted by molar-refractivity contribution is 0.102. The molecule has 1 spiro atoms. The number of aliphatic hydroxyl groups excluding tert-OH is 2. The predicted molar refractivity (Wildman–Crippen MR) is 133 cm³/mol. The first-order chi connectivity index (χ1) is 16.7. The van der Waals surface area contributed by atoms with Crippen molar-refractivity contribution in [1.29, 1.82) is 0 Å². The molecule has 2 aliphatic rings. The van der Waals surface area contributed by atoms with Crippen LogP contribution in [0.2, 0.25) is 0 Å².